The van der Waals surface area contributed by atoms with E-state index in [-0.39, 0.29) is 0 Å². The molecule has 0 saturated carbocycles. The van der Waals surface area contributed by atoms with Gasteiger partial charge in [-0.15, -0.1) is 0 Å². The lowest BCUT2D eigenvalue weighted by Gasteiger charge is -2.18. The van der Waals surface area contributed by atoms with Crippen LogP contribution in [0.5, 0.6) is 5.75 Å². The molecule has 0 aromatic heterocycles. The van der Waals surface area contributed by atoms with E-state index >= 15 is 0 Å². The molecule has 3 heteroatoms. The van der Waals surface area contributed by atoms with Crippen LogP contribution < -0.4 is 26.2 Å². The Kier molecular flexibility index (Phi) is 1.97. The standard InChI is InChI=1S/C16H12N2O/c17-13-4-1-5-15-16(13)11-6-7-14-10(3-2-8-18-14)12(11)9-19-15/h1-9,18H,17H2. The molecule has 0 amide bonds. The number of anilines is 2. The van der Waals surface area contributed by atoms with Gasteiger partial charge in [-0.2, -0.15) is 0 Å². The lowest BCUT2D eigenvalue weighted by atomic mass is 9.97. The third-order valence-electron chi connectivity index (χ3n) is 3.52. The van der Waals surface area contributed by atoms with Gasteiger partial charge in [-0.3, -0.25) is 0 Å². The van der Waals surface area contributed by atoms with E-state index in [9.17, 15) is 0 Å². The number of nitrogens with one attached hydrogen (secondary N) is 1. The molecule has 3 nitrogen and oxygen atoms in total. The topological polar surface area (TPSA) is 47.3 Å². The number of nitrogens with two attached hydrogens (primary N) is 1. The number of fused-ring (bicyclic) bond motifs is 5. The van der Waals surface area contributed by atoms with Gasteiger partial charge in [0.2, 0.25) is 0 Å². The molecule has 0 atom stereocenters. The molecule has 0 bridgehead atoms. The Bertz CT molecular complexity index is 835. The summed E-state index contributed by atoms with van der Waals surface area (Å²) in [6.45, 7) is 0. The minimum absolute atomic E-state index is 0.742. The van der Waals surface area contributed by atoms with Crippen molar-refractivity contribution in [3.05, 3.63) is 53.0 Å². The van der Waals surface area contributed by atoms with Crippen molar-refractivity contribution in [2.45, 2.75) is 0 Å². The molecule has 2 aliphatic heterocycles. The molecule has 0 aliphatic carbocycles. The van der Waals surface area contributed by atoms with E-state index in [1.165, 1.54) is 0 Å². The zero-order valence-electron chi connectivity index (χ0n) is 10.2. The molecule has 0 unspecified atom stereocenters. The number of benzene rings is 2. The summed E-state index contributed by atoms with van der Waals surface area (Å²) < 4.78 is 5.72. The van der Waals surface area contributed by atoms with E-state index in [1.54, 1.807) is 6.26 Å². The fraction of sp³-hybridized carbons (Fsp3) is 0. The number of ether oxygens (including phenoxy) is 1. The van der Waals surface area contributed by atoms with Crippen LogP contribution in [-0.4, -0.2) is 0 Å². The molecule has 0 radical (unpaired) electrons. The third kappa shape index (κ3) is 1.38. The maximum atomic E-state index is 6.10. The van der Waals surface area contributed by atoms with Crippen molar-refractivity contribution in [2.75, 3.05) is 11.1 Å². The van der Waals surface area contributed by atoms with Gasteiger partial charge >= 0.3 is 0 Å². The fourth-order valence-corrected chi connectivity index (χ4v) is 2.63. The van der Waals surface area contributed by atoms with Crippen LogP contribution in [0.2, 0.25) is 0 Å². The molecule has 2 aromatic rings. The summed E-state index contributed by atoms with van der Waals surface area (Å²) in [4.78, 5) is 0. The molecule has 4 rings (SSSR count). The largest absolute Gasteiger partial charge is 0.464 e. The quantitative estimate of drug-likeness (QED) is 0.699. The molecule has 92 valence electrons. The van der Waals surface area contributed by atoms with Gasteiger partial charge < -0.3 is 15.8 Å². The Hall–Kier alpha value is -2.68. The second-order valence-corrected chi connectivity index (χ2v) is 4.61. The highest BCUT2D eigenvalue weighted by molar-refractivity contribution is 5.85. The summed E-state index contributed by atoms with van der Waals surface area (Å²) in [5.74, 6) is 0.812. The number of hydrogen-bond donors (Lipinski definition) is 2. The van der Waals surface area contributed by atoms with Crippen molar-refractivity contribution in [1.29, 1.82) is 0 Å². The monoisotopic (exact) mass is 248 g/mol. The summed E-state index contributed by atoms with van der Waals surface area (Å²) in [5, 5.41) is 5.44. The molecule has 0 spiro atoms. The summed E-state index contributed by atoms with van der Waals surface area (Å²) in [7, 11) is 0. The molecule has 2 aromatic carbocycles. The first-order chi connectivity index (χ1) is 9.34. The van der Waals surface area contributed by atoms with E-state index in [2.05, 4.69) is 23.5 Å². The predicted molar refractivity (Wildman–Crippen MR) is 77.9 cm³/mol. The molecule has 2 heterocycles. The first-order valence-electron chi connectivity index (χ1n) is 6.17. The summed E-state index contributed by atoms with van der Waals surface area (Å²) in [6, 6.07) is 9.90. The Balaban J connectivity index is 2.14. The van der Waals surface area contributed by atoms with Crippen LogP contribution in [0.3, 0.4) is 0 Å². The van der Waals surface area contributed by atoms with E-state index < -0.39 is 0 Å². The number of hydrogen-bond acceptors (Lipinski definition) is 3. The first-order valence-corrected chi connectivity index (χ1v) is 6.17. The van der Waals surface area contributed by atoms with Gasteiger partial charge in [-0.1, -0.05) is 18.2 Å². The minimum Gasteiger partial charge on any atom is -0.464 e. The molecule has 0 fully saturated rings. The highest BCUT2D eigenvalue weighted by Gasteiger charge is 2.16. The number of rotatable bonds is 0. The van der Waals surface area contributed by atoms with E-state index in [0.29, 0.717) is 0 Å². The van der Waals surface area contributed by atoms with Crippen LogP contribution in [0, 0.1) is 0 Å². The maximum Gasteiger partial charge on any atom is 0.136 e. The van der Waals surface area contributed by atoms with Crippen LogP contribution in [0.15, 0.2) is 42.6 Å². The minimum atomic E-state index is 0.742. The lowest BCUT2D eigenvalue weighted by molar-refractivity contribution is 0.538. The number of nitrogen functional groups attached to an aromatic ring is 1. The molecule has 19 heavy (non-hydrogen) atoms. The van der Waals surface area contributed by atoms with Crippen LogP contribution in [-0.2, 0) is 0 Å². The fourth-order valence-electron chi connectivity index (χ4n) is 2.63. The third-order valence-corrected chi connectivity index (χ3v) is 3.52. The van der Waals surface area contributed by atoms with Crippen LogP contribution in [0.1, 0.15) is 0 Å². The first kappa shape index (κ1) is 10.3. The molecule has 3 N–H and O–H groups in total. The van der Waals surface area contributed by atoms with Crippen molar-refractivity contribution in [1.82, 2.24) is 0 Å². The van der Waals surface area contributed by atoms with Gasteiger partial charge in [0.05, 0.1) is 6.26 Å². The van der Waals surface area contributed by atoms with E-state index in [4.69, 9.17) is 10.5 Å². The molecule has 2 aliphatic rings. The van der Waals surface area contributed by atoms with Crippen molar-refractivity contribution in [2.24, 2.45) is 0 Å². The van der Waals surface area contributed by atoms with Crippen molar-refractivity contribution >= 4 is 23.7 Å². The van der Waals surface area contributed by atoms with Crippen LogP contribution in [0.25, 0.3) is 23.5 Å². The normalized spacial score (nSPS) is 13.9. The molecular weight excluding hydrogens is 236 g/mol. The summed E-state index contributed by atoms with van der Waals surface area (Å²) in [6.07, 6.45) is 7.78. The zero-order chi connectivity index (χ0) is 12.8. The number of allylic oxidation sites excluding steroid dienone is 1. The van der Waals surface area contributed by atoms with Gasteiger partial charge in [0.15, 0.2) is 0 Å². The highest BCUT2D eigenvalue weighted by atomic mass is 16.5. The molecule has 0 saturated heterocycles. The average molecular weight is 248 g/mol. The average Bonchev–Trinajstić information content (AvgIpc) is 2.46. The van der Waals surface area contributed by atoms with Gasteiger partial charge in [0.1, 0.15) is 5.75 Å². The van der Waals surface area contributed by atoms with Gasteiger partial charge in [-0.05, 0) is 29.8 Å². The Morgan fingerprint density at radius 2 is 2.00 bits per heavy atom. The second-order valence-electron chi connectivity index (χ2n) is 4.61. The van der Waals surface area contributed by atoms with E-state index in [0.717, 1.165) is 38.7 Å². The van der Waals surface area contributed by atoms with Crippen molar-refractivity contribution in [3.8, 4) is 16.9 Å². The Labute approximate surface area is 110 Å². The second kappa shape index (κ2) is 3.65. The molecular formula is C16H12N2O. The van der Waals surface area contributed by atoms with Crippen LogP contribution in [0.4, 0.5) is 11.4 Å². The summed E-state index contributed by atoms with van der Waals surface area (Å²) >= 11 is 0. The predicted octanol–water partition coefficient (Wildman–Crippen LogP) is 1.79. The van der Waals surface area contributed by atoms with E-state index in [1.807, 2.05) is 30.5 Å². The van der Waals surface area contributed by atoms with Gasteiger partial charge in [0.25, 0.3) is 0 Å². The lowest BCUT2D eigenvalue weighted by Crippen LogP contribution is -2.32. The van der Waals surface area contributed by atoms with Crippen molar-refractivity contribution in [3.63, 3.8) is 0 Å². The SMILES string of the molecule is Nc1cccc2c1-c1ccc3c(c1=CO2)=CC=CN3. The van der Waals surface area contributed by atoms with Crippen molar-refractivity contribution < 1.29 is 4.74 Å². The Morgan fingerprint density at radius 1 is 1.05 bits per heavy atom. The Morgan fingerprint density at radius 3 is 2.95 bits per heavy atom. The zero-order valence-corrected chi connectivity index (χ0v) is 10.2. The van der Waals surface area contributed by atoms with Gasteiger partial charge in [-0.25, -0.2) is 0 Å². The highest BCUT2D eigenvalue weighted by Crippen LogP contribution is 2.35. The van der Waals surface area contributed by atoms with Crippen LogP contribution >= 0.6 is 0 Å². The smallest absolute Gasteiger partial charge is 0.136 e. The summed E-state index contributed by atoms with van der Waals surface area (Å²) in [5.41, 5.74) is 10.0. The van der Waals surface area contributed by atoms with Gasteiger partial charge in [0, 0.05) is 33.6 Å². The maximum absolute atomic E-state index is 6.10.